The predicted octanol–water partition coefficient (Wildman–Crippen LogP) is 4.51. The second kappa shape index (κ2) is 8.80. The van der Waals surface area contributed by atoms with E-state index in [1.165, 1.54) is 37.6 Å². The Morgan fingerprint density at radius 1 is 1.32 bits per heavy atom. The zero-order valence-electron chi connectivity index (χ0n) is 19.2. The third kappa shape index (κ3) is 3.66. The van der Waals surface area contributed by atoms with E-state index in [9.17, 15) is 20.0 Å². The molecule has 8 nitrogen and oxygen atoms in total. The number of para-hydroxylation sites is 1. The molecule has 9 heteroatoms. The molecule has 4 rings (SSSR count). The number of nitrogens with zero attached hydrogens (tertiary/aromatic N) is 3. The molecule has 1 N–H and O–H groups in total. The van der Waals surface area contributed by atoms with Crippen LogP contribution in [0.3, 0.4) is 0 Å². The summed E-state index contributed by atoms with van der Waals surface area (Å²) >= 11 is 1.33. The van der Waals surface area contributed by atoms with E-state index in [4.69, 9.17) is 9.15 Å². The van der Waals surface area contributed by atoms with Crippen LogP contribution in [0.25, 0.3) is 20.9 Å². The Morgan fingerprint density at radius 2 is 2.06 bits per heavy atom. The molecule has 4 aromatic rings. The van der Waals surface area contributed by atoms with Crippen LogP contribution in [-0.4, -0.2) is 27.7 Å². The van der Waals surface area contributed by atoms with Crippen LogP contribution >= 0.6 is 11.3 Å². The second-order valence-electron chi connectivity index (χ2n) is 8.35. The Labute approximate surface area is 199 Å². The predicted molar refractivity (Wildman–Crippen MR) is 128 cm³/mol. The summed E-state index contributed by atoms with van der Waals surface area (Å²) in [7, 11) is 1.60. The van der Waals surface area contributed by atoms with Gasteiger partial charge in [-0.2, -0.15) is 5.26 Å². The summed E-state index contributed by atoms with van der Waals surface area (Å²) in [5, 5.41) is 20.4. The maximum atomic E-state index is 13.7. The first-order valence-electron chi connectivity index (χ1n) is 10.6. The Balaban J connectivity index is 2.03. The highest BCUT2D eigenvalue weighted by molar-refractivity contribution is 7.22. The van der Waals surface area contributed by atoms with E-state index in [-0.39, 0.29) is 5.69 Å². The zero-order chi connectivity index (χ0) is 24.6. The van der Waals surface area contributed by atoms with Crippen molar-refractivity contribution in [3.8, 4) is 22.6 Å². The topological polar surface area (TPSA) is 118 Å². The summed E-state index contributed by atoms with van der Waals surface area (Å²) in [6.45, 7) is 4.63. The van der Waals surface area contributed by atoms with Gasteiger partial charge in [0.05, 0.1) is 23.6 Å². The number of aromatic nitrogens is 2. The Kier molecular flexibility index (Phi) is 6.02. The molecular formula is C25H23N3O5S. The smallest absolute Gasteiger partial charge is 0.329 e. The number of thiophene rings is 1. The van der Waals surface area contributed by atoms with Gasteiger partial charge in [0.2, 0.25) is 5.89 Å². The van der Waals surface area contributed by atoms with E-state index >= 15 is 0 Å². The lowest BCUT2D eigenvalue weighted by atomic mass is 9.97. The number of fused-ring (bicyclic) bond motifs is 1. The summed E-state index contributed by atoms with van der Waals surface area (Å²) in [5.41, 5.74) is 0.0891. The van der Waals surface area contributed by atoms with Gasteiger partial charge in [0, 0.05) is 10.3 Å². The molecule has 34 heavy (non-hydrogen) atoms. The highest BCUT2D eigenvalue weighted by Gasteiger charge is 2.36. The number of hydrogen-bond donors (Lipinski definition) is 1. The fourth-order valence-corrected chi connectivity index (χ4v) is 5.44. The number of carbonyl (C=O) groups is 1. The first kappa shape index (κ1) is 23.3. The first-order chi connectivity index (χ1) is 16.2. The number of hydrogen-bond acceptors (Lipinski definition) is 7. The summed E-state index contributed by atoms with van der Waals surface area (Å²) < 4.78 is 12.7. The van der Waals surface area contributed by atoms with Gasteiger partial charge in [-0.1, -0.05) is 18.2 Å². The maximum absolute atomic E-state index is 13.7. The van der Waals surface area contributed by atoms with E-state index < -0.39 is 17.1 Å². The number of pyridine rings is 1. The minimum atomic E-state index is -1.63. The van der Waals surface area contributed by atoms with Crippen molar-refractivity contribution in [2.24, 2.45) is 0 Å². The van der Waals surface area contributed by atoms with Crippen LogP contribution in [0.15, 0.2) is 45.9 Å². The van der Waals surface area contributed by atoms with Gasteiger partial charge in [0.25, 0.3) is 5.56 Å². The molecule has 0 spiro atoms. The van der Waals surface area contributed by atoms with Crippen molar-refractivity contribution in [3.05, 3.63) is 69.5 Å². The lowest BCUT2D eigenvalue weighted by Crippen LogP contribution is -2.44. The van der Waals surface area contributed by atoms with Gasteiger partial charge in [-0.15, -0.1) is 11.3 Å². The van der Waals surface area contributed by atoms with E-state index in [1.54, 1.807) is 14.0 Å². The number of nitriles is 1. The zero-order valence-corrected chi connectivity index (χ0v) is 20.0. The molecule has 0 aliphatic rings. The molecule has 0 saturated carbocycles. The summed E-state index contributed by atoms with van der Waals surface area (Å²) in [6.07, 6.45) is 3.91. The van der Waals surface area contributed by atoms with E-state index in [2.05, 4.69) is 11.1 Å². The van der Waals surface area contributed by atoms with Crippen molar-refractivity contribution in [1.82, 2.24) is 9.55 Å². The van der Waals surface area contributed by atoms with Gasteiger partial charge >= 0.3 is 5.97 Å². The number of methoxy groups -OCH3 is 1. The molecular weight excluding hydrogens is 454 g/mol. The molecule has 0 atom stereocenters. The van der Waals surface area contributed by atoms with Gasteiger partial charge in [0.1, 0.15) is 29.3 Å². The SMILES string of the molecule is COc1ccccc1CCc1c(C#N)n(C(C)(C)C(=O)O)c(=O)c2c(C)c(-c3ncco3)sc12. The minimum absolute atomic E-state index is 0.0417. The molecule has 0 fully saturated rings. The van der Waals surface area contributed by atoms with Crippen LogP contribution in [0.5, 0.6) is 5.75 Å². The number of benzene rings is 1. The van der Waals surface area contributed by atoms with Crippen LogP contribution in [0.2, 0.25) is 0 Å². The monoisotopic (exact) mass is 477 g/mol. The average molecular weight is 478 g/mol. The van der Waals surface area contributed by atoms with Crippen LogP contribution in [0.4, 0.5) is 0 Å². The standard InChI is InChI=1S/C25H23N3O5S/c1-14-19-21(34-20(14)22-27-11-12-33-22)16(10-9-15-7-5-6-8-18(15)32-4)17(13-26)28(23(19)29)25(2,3)24(30)31/h5-8,11-12H,9-10H2,1-4H3,(H,30,31). The Morgan fingerprint density at radius 3 is 2.68 bits per heavy atom. The van der Waals surface area contributed by atoms with E-state index in [0.29, 0.717) is 44.8 Å². The Bertz CT molecular complexity index is 1490. The van der Waals surface area contributed by atoms with Crippen LogP contribution < -0.4 is 10.3 Å². The fraction of sp³-hybridized carbons (Fsp3) is 0.280. The molecule has 0 bridgehead atoms. The Hall–Kier alpha value is -3.90. The van der Waals surface area contributed by atoms with Crippen molar-refractivity contribution in [1.29, 1.82) is 5.26 Å². The third-order valence-electron chi connectivity index (χ3n) is 6.00. The van der Waals surface area contributed by atoms with Crippen molar-refractivity contribution < 1.29 is 19.1 Å². The number of aryl methyl sites for hydroxylation is 3. The van der Waals surface area contributed by atoms with Crippen molar-refractivity contribution in [3.63, 3.8) is 0 Å². The molecule has 1 aromatic carbocycles. The highest BCUT2D eigenvalue weighted by atomic mass is 32.1. The normalized spacial score (nSPS) is 11.5. The van der Waals surface area contributed by atoms with E-state index in [0.717, 1.165) is 15.9 Å². The number of aliphatic carboxylic acids is 1. The van der Waals surface area contributed by atoms with Gasteiger partial charge in [-0.25, -0.2) is 9.78 Å². The lowest BCUT2D eigenvalue weighted by molar-refractivity contribution is -0.145. The first-order valence-corrected chi connectivity index (χ1v) is 11.4. The molecule has 0 radical (unpaired) electrons. The average Bonchev–Trinajstić information content (AvgIpc) is 3.46. The van der Waals surface area contributed by atoms with Gasteiger partial charge in [-0.3, -0.25) is 9.36 Å². The molecule has 0 aliphatic heterocycles. The van der Waals surface area contributed by atoms with Crippen LogP contribution in [0.1, 0.15) is 36.2 Å². The highest BCUT2D eigenvalue weighted by Crippen LogP contribution is 2.40. The molecule has 3 heterocycles. The minimum Gasteiger partial charge on any atom is -0.496 e. The van der Waals surface area contributed by atoms with Gasteiger partial charge in [0.15, 0.2) is 0 Å². The number of ether oxygens (including phenoxy) is 1. The van der Waals surface area contributed by atoms with Crippen LogP contribution in [-0.2, 0) is 23.2 Å². The maximum Gasteiger partial charge on any atom is 0.329 e. The van der Waals surface area contributed by atoms with Crippen molar-refractivity contribution in [2.75, 3.05) is 7.11 Å². The van der Waals surface area contributed by atoms with E-state index in [1.807, 2.05) is 24.3 Å². The number of carboxylic acid groups (broad SMARTS) is 1. The third-order valence-corrected chi connectivity index (χ3v) is 7.34. The van der Waals surface area contributed by atoms with Crippen LogP contribution in [0, 0.1) is 18.3 Å². The lowest BCUT2D eigenvalue weighted by Gasteiger charge is -2.26. The second-order valence-corrected chi connectivity index (χ2v) is 9.37. The molecule has 0 amide bonds. The number of rotatable bonds is 7. The largest absolute Gasteiger partial charge is 0.496 e. The van der Waals surface area contributed by atoms with Gasteiger partial charge < -0.3 is 14.3 Å². The molecule has 0 unspecified atom stereocenters. The summed E-state index contributed by atoms with van der Waals surface area (Å²) in [5.74, 6) is -0.113. The molecule has 3 aromatic heterocycles. The number of carboxylic acids is 1. The molecule has 0 aliphatic carbocycles. The summed E-state index contributed by atoms with van der Waals surface area (Å²) in [6, 6.07) is 9.71. The quantitative estimate of drug-likeness (QED) is 0.416. The fourth-order valence-electron chi connectivity index (χ4n) is 4.13. The van der Waals surface area contributed by atoms with Crippen molar-refractivity contribution in [2.45, 2.75) is 39.2 Å². The number of oxazole rings is 1. The van der Waals surface area contributed by atoms with Gasteiger partial charge in [-0.05, 0) is 50.8 Å². The molecule has 174 valence electrons. The summed E-state index contributed by atoms with van der Waals surface area (Å²) in [4.78, 5) is 30.7. The molecule has 0 saturated heterocycles. The van der Waals surface area contributed by atoms with Crippen molar-refractivity contribution >= 4 is 27.4 Å².